The maximum absolute atomic E-state index is 13.1. The third-order valence-electron chi connectivity index (χ3n) is 4.41. The molecule has 0 spiro atoms. The summed E-state index contributed by atoms with van der Waals surface area (Å²) < 4.78 is 18.3. The van der Waals surface area contributed by atoms with Crippen LogP contribution in [0.5, 0.6) is 5.75 Å². The lowest BCUT2D eigenvalue weighted by atomic mass is 10.1. The molecule has 0 radical (unpaired) electrons. The molecule has 0 fully saturated rings. The fourth-order valence-electron chi connectivity index (χ4n) is 2.64. The van der Waals surface area contributed by atoms with Gasteiger partial charge in [0.25, 0.3) is 0 Å². The summed E-state index contributed by atoms with van der Waals surface area (Å²) in [5, 5.41) is 3.32. The number of likely N-dealkylation sites (N-methyl/N-ethyl adjacent to an activating group) is 1. The zero-order chi connectivity index (χ0) is 21.2. The summed E-state index contributed by atoms with van der Waals surface area (Å²) in [6, 6.07) is 14.3. The van der Waals surface area contributed by atoms with E-state index in [1.807, 2.05) is 36.2 Å². The fraction of sp³-hybridized carbons (Fsp3) is 0.364. The van der Waals surface area contributed by atoms with Gasteiger partial charge in [-0.3, -0.25) is 4.79 Å². The Morgan fingerprint density at radius 2 is 1.63 bits per heavy atom. The van der Waals surface area contributed by atoms with Crippen molar-refractivity contribution >= 4 is 35.8 Å². The second-order valence-electron chi connectivity index (χ2n) is 6.94. The van der Waals surface area contributed by atoms with E-state index in [4.69, 9.17) is 4.74 Å². The van der Waals surface area contributed by atoms with Crippen molar-refractivity contribution in [1.29, 1.82) is 0 Å². The Bertz CT molecular complexity index is 811. The van der Waals surface area contributed by atoms with Crippen LogP contribution in [0.3, 0.4) is 0 Å². The molecule has 2 rings (SSSR count). The zero-order valence-corrected chi connectivity index (χ0v) is 20.2. The number of hydrogen-bond donors (Lipinski definition) is 1. The number of carbonyl (C=O) groups excluding carboxylic acids is 1. The molecule has 0 saturated carbocycles. The van der Waals surface area contributed by atoms with Crippen molar-refractivity contribution in [2.45, 2.75) is 13.0 Å². The second-order valence-corrected chi connectivity index (χ2v) is 6.94. The lowest BCUT2D eigenvalue weighted by Gasteiger charge is -2.23. The summed E-state index contributed by atoms with van der Waals surface area (Å²) in [6.07, 6.45) is 0.801. The lowest BCUT2D eigenvalue weighted by Crippen LogP contribution is -2.40. The summed E-state index contributed by atoms with van der Waals surface area (Å²) in [5.41, 5.74) is 2.13. The Balaban J connectivity index is 0.00000450. The molecule has 0 atom stereocenters. The maximum atomic E-state index is 13.1. The number of hydrogen-bond acceptors (Lipinski definition) is 3. The van der Waals surface area contributed by atoms with Gasteiger partial charge in [-0.2, -0.15) is 0 Å². The van der Waals surface area contributed by atoms with Crippen LogP contribution in [-0.2, 0) is 17.8 Å². The summed E-state index contributed by atoms with van der Waals surface area (Å²) in [4.78, 5) is 19.8. The molecule has 8 heteroatoms. The number of ether oxygens (including phenoxy) is 1. The summed E-state index contributed by atoms with van der Waals surface area (Å²) in [7, 11) is 6.95. The summed E-state index contributed by atoms with van der Waals surface area (Å²) >= 11 is 0. The molecule has 1 N–H and O–H groups in total. The van der Waals surface area contributed by atoms with Crippen LogP contribution in [0.4, 0.5) is 4.39 Å². The molecule has 0 saturated heterocycles. The van der Waals surface area contributed by atoms with Crippen LogP contribution in [0.25, 0.3) is 0 Å². The van der Waals surface area contributed by atoms with Crippen molar-refractivity contribution in [3.63, 3.8) is 0 Å². The monoisotopic (exact) mass is 528 g/mol. The molecule has 30 heavy (non-hydrogen) atoms. The highest BCUT2D eigenvalue weighted by molar-refractivity contribution is 14.0. The van der Waals surface area contributed by atoms with Gasteiger partial charge in [0.15, 0.2) is 5.96 Å². The molecule has 0 bridgehead atoms. The minimum Gasteiger partial charge on any atom is -0.497 e. The molecule has 2 aromatic rings. The maximum Gasteiger partial charge on any atom is 0.243 e. The molecule has 0 heterocycles. The van der Waals surface area contributed by atoms with Crippen LogP contribution in [0.2, 0.25) is 0 Å². The van der Waals surface area contributed by atoms with E-state index >= 15 is 0 Å². The van der Waals surface area contributed by atoms with Gasteiger partial charge in [0.05, 0.1) is 7.11 Å². The van der Waals surface area contributed by atoms with Gasteiger partial charge >= 0.3 is 0 Å². The van der Waals surface area contributed by atoms with Crippen molar-refractivity contribution in [2.75, 3.05) is 41.3 Å². The number of guanidine groups is 1. The third kappa shape index (κ3) is 8.56. The van der Waals surface area contributed by atoms with Crippen LogP contribution < -0.4 is 10.1 Å². The molecule has 0 unspecified atom stereocenters. The van der Waals surface area contributed by atoms with Crippen molar-refractivity contribution < 1.29 is 13.9 Å². The van der Waals surface area contributed by atoms with Crippen LogP contribution in [0.1, 0.15) is 11.1 Å². The normalized spacial score (nSPS) is 10.8. The molecule has 164 valence electrons. The molecule has 0 aliphatic heterocycles. The van der Waals surface area contributed by atoms with Crippen molar-refractivity contribution in [1.82, 2.24) is 15.1 Å². The molecule has 1 amide bonds. The van der Waals surface area contributed by atoms with E-state index in [0.717, 1.165) is 17.7 Å². The van der Waals surface area contributed by atoms with Gasteiger partial charge in [-0.05, 0) is 41.8 Å². The third-order valence-corrected chi connectivity index (χ3v) is 4.41. The number of carbonyl (C=O) groups is 1. The number of amides is 1. The first-order valence-electron chi connectivity index (χ1n) is 9.46. The van der Waals surface area contributed by atoms with Crippen LogP contribution in [-0.4, -0.2) is 63.0 Å². The predicted molar refractivity (Wildman–Crippen MR) is 129 cm³/mol. The van der Waals surface area contributed by atoms with Gasteiger partial charge in [0.2, 0.25) is 5.91 Å². The van der Waals surface area contributed by atoms with Gasteiger partial charge in [0, 0.05) is 34.2 Å². The average Bonchev–Trinajstić information content (AvgIpc) is 2.72. The van der Waals surface area contributed by atoms with Gasteiger partial charge in [0.1, 0.15) is 18.1 Å². The molecular weight excluding hydrogens is 498 g/mol. The van der Waals surface area contributed by atoms with Gasteiger partial charge in [-0.1, -0.05) is 24.3 Å². The number of nitrogens with zero attached hydrogens (tertiary/aromatic N) is 3. The standard InChI is InChI=1S/C22H29FN4O2.HI/c1-26(2)21(28)15-25-22(27(3)16-18-5-9-19(23)10-6-18)24-14-13-17-7-11-20(29-4)12-8-17;/h5-12H,13-16H2,1-4H3,(H,24,25);1H. The summed E-state index contributed by atoms with van der Waals surface area (Å²) in [6.45, 7) is 1.27. The van der Waals surface area contributed by atoms with Gasteiger partial charge in [-0.25, -0.2) is 9.38 Å². The smallest absolute Gasteiger partial charge is 0.243 e. The molecule has 0 aromatic heterocycles. The Morgan fingerprint density at radius 3 is 2.20 bits per heavy atom. The Hall–Kier alpha value is -2.36. The first kappa shape index (κ1) is 25.7. The van der Waals surface area contributed by atoms with Crippen molar-refractivity contribution in [2.24, 2.45) is 4.99 Å². The van der Waals surface area contributed by atoms with Crippen LogP contribution >= 0.6 is 24.0 Å². The van der Waals surface area contributed by atoms with E-state index < -0.39 is 0 Å². The van der Waals surface area contributed by atoms with Crippen molar-refractivity contribution in [3.05, 3.63) is 65.5 Å². The summed E-state index contributed by atoms with van der Waals surface area (Å²) in [5.74, 6) is 1.11. The number of nitrogens with one attached hydrogen (secondary N) is 1. The molecule has 6 nitrogen and oxygen atoms in total. The quantitative estimate of drug-likeness (QED) is 0.325. The molecule has 0 aliphatic rings. The first-order chi connectivity index (χ1) is 13.9. The second kappa shape index (κ2) is 13.0. The molecule has 0 aliphatic carbocycles. The predicted octanol–water partition coefficient (Wildman–Crippen LogP) is 3.16. The number of halogens is 2. The highest BCUT2D eigenvalue weighted by Gasteiger charge is 2.10. The van der Waals surface area contributed by atoms with Crippen molar-refractivity contribution in [3.8, 4) is 5.75 Å². The Morgan fingerprint density at radius 1 is 1.03 bits per heavy atom. The largest absolute Gasteiger partial charge is 0.497 e. The topological polar surface area (TPSA) is 57.2 Å². The zero-order valence-electron chi connectivity index (χ0n) is 17.9. The minimum absolute atomic E-state index is 0. The highest BCUT2D eigenvalue weighted by Crippen LogP contribution is 2.11. The first-order valence-corrected chi connectivity index (χ1v) is 9.46. The SMILES string of the molecule is COc1ccc(CCNC(=NCC(=O)N(C)C)N(C)Cc2ccc(F)cc2)cc1.I. The van der Waals surface area contributed by atoms with Crippen LogP contribution in [0, 0.1) is 5.82 Å². The number of rotatable bonds is 8. The van der Waals surface area contributed by atoms with E-state index in [-0.39, 0.29) is 42.2 Å². The highest BCUT2D eigenvalue weighted by atomic mass is 127. The van der Waals surface area contributed by atoms with E-state index in [1.165, 1.54) is 22.6 Å². The lowest BCUT2D eigenvalue weighted by molar-refractivity contribution is -0.127. The fourth-order valence-corrected chi connectivity index (χ4v) is 2.64. The Labute approximate surface area is 195 Å². The number of methoxy groups -OCH3 is 1. The van der Waals surface area contributed by atoms with E-state index in [0.29, 0.717) is 19.0 Å². The minimum atomic E-state index is -0.264. The van der Waals surface area contributed by atoms with E-state index in [9.17, 15) is 9.18 Å². The average molecular weight is 528 g/mol. The Kier molecular flexibility index (Phi) is 11.2. The van der Waals surface area contributed by atoms with Crippen LogP contribution in [0.15, 0.2) is 53.5 Å². The number of benzene rings is 2. The van der Waals surface area contributed by atoms with Gasteiger partial charge in [-0.15, -0.1) is 24.0 Å². The molecule has 2 aromatic carbocycles. The van der Waals surface area contributed by atoms with Gasteiger partial charge < -0.3 is 19.9 Å². The van der Waals surface area contributed by atoms with E-state index in [1.54, 1.807) is 33.3 Å². The molecular formula is C22H30FIN4O2. The number of aliphatic imine (C=N–C) groups is 1. The van der Waals surface area contributed by atoms with E-state index in [2.05, 4.69) is 10.3 Å².